The monoisotopic (exact) mass is 347 g/mol. The maximum absolute atomic E-state index is 12.1. The van der Waals surface area contributed by atoms with E-state index in [2.05, 4.69) is 5.32 Å². The number of carbonyl (C=O) groups excluding carboxylic acids is 2. The molecule has 0 heterocycles. The van der Waals surface area contributed by atoms with Crippen molar-refractivity contribution in [3.05, 3.63) is 59.1 Å². The van der Waals surface area contributed by atoms with E-state index in [1.807, 2.05) is 6.07 Å². The van der Waals surface area contributed by atoms with Crippen molar-refractivity contribution in [1.82, 2.24) is 0 Å². The first-order valence-corrected chi connectivity index (χ1v) is 7.75. The number of benzene rings is 2. The van der Waals surface area contributed by atoms with E-state index in [4.69, 9.17) is 21.1 Å². The molecule has 2 aromatic rings. The quantitative estimate of drug-likeness (QED) is 0.813. The van der Waals surface area contributed by atoms with Gasteiger partial charge in [0.15, 0.2) is 6.10 Å². The van der Waals surface area contributed by atoms with Crippen molar-refractivity contribution in [3.8, 4) is 5.75 Å². The first-order chi connectivity index (χ1) is 11.5. The van der Waals surface area contributed by atoms with Gasteiger partial charge in [-0.25, -0.2) is 0 Å². The lowest BCUT2D eigenvalue weighted by Gasteiger charge is -2.14. The minimum Gasteiger partial charge on any atom is -0.496 e. The number of methoxy groups -OCH3 is 1. The Morgan fingerprint density at radius 3 is 2.62 bits per heavy atom. The number of amides is 1. The lowest BCUT2D eigenvalue weighted by Crippen LogP contribution is -2.30. The van der Waals surface area contributed by atoms with Crippen molar-refractivity contribution in [2.45, 2.75) is 19.4 Å². The van der Waals surface area contributed by atoms with Gasteiger partial charge in [0.1, 0.15) is 5.75 Å². The third-order valence-electron chi connectivity index (χ3n) is 3.30. The van der Waals surface area contributed by atoms with Gasteiger partial charge in [0, 0.05) is 16.3 Å². The molecule has 5 nitrogen and oxygen atoms in total. The van der Waals surface area contributed by atoms with Gasteiger partial charge in [-0.05, 0) is 31.2 Å². The molecule has 2 rings (SSSR count). The molecule has 0 aliphatic heterocycles. The van der Waals surface area contributed by atoms with Crippen LogP contribution in [0.3, 0.4) is 0 Å². The minimum absolute atomic E-state index is 0.0266. The van der Waals surface area contributed by atoms with E-state index in [9.17, 15) is 9.59 Å². The van der Waals surface area contributed by atoms with Gasteiger partial charge in [0.25, 0.3) is 5.91 Å². The molecule has 1 amide bonds. The Balaban J connectivity index is 1.92. The summed E-state index contributed by atoms with van der Waals surface area (Å²) in [6.07, 6.45) is -0.898. The van der Waals surface area contributed by atoms with Crippen LogP contribution in [0.1, 0.15) is 12.5 Å². The molecule has 0 aromatic heterocycles. The SMILES string of the molecule is COc1ccccc1CC(=O)O[C@@H](C)C(=O)Nc1cccc(Cl)c1. The predicted molar refractivity (Wildman–Crippen MR) is 92.3 cm³/mol. The number of nitrogens with one attached hydrogen (secondary N) is 1. The van der Waals surface area contributed by atoms with Gasteiger partial charge in [0.2, 0.25) is 0 Å². The Labute approximate surface area is 145 Å². The summed E-state index contributed by atoms with van der Waals surface area (Å²) in [6.45, 7) is 1.51. The van der Waals surface area contributed by atoms with Crippen LogP contribution < -0.4 is 10.1 Å². The Bertz CT molecular complexity index is 732. The summed E-state index contributed by atoms with van der Waals surface area (Å²) in [7, 11) is 1.53. The van der Waals surface area contributed by atoms with Gasteiger partial charge in [-0.1, -0.05) is 35.9 Å². The molecule has 0 bridgehead atoms. The van der Waals surface area contributed by atoms with Gasteiger partial charge >= 0.3 is 5.97 Å². The molecule has 1 atom stereocenters. The molecule has 0 saturated heterocycles. The van der Waals surface area contributed by atoms with Gasteiger partial charge in [-0.3, -0.25) is 9.59 Å². The van der Waals surface area contributed by atoms with Gasteiger partial charge in [-0.2, -0.15) is 0 Å². The summed E-state index contributed by atoms with van der Waals surface area (Å²) in [6, 6.07) is 13.9. The van der Waals surface area contributed by atoms with Gasteiger partial charge < -0.3 is 14.8 Å². The van der Waals surface area contributed by atoms with Crippen LogP contribution in [0.15, 0.2) is 48.5 Å². The smallest absolute Gasteiger partial charge is 0.311 e. The number of esters is 1. The average molecular weight is 348 g/mol. The van der Waals surface area contributed by atoms with Crippen molar-refractivity contribution >= 4 is 29.2 Å². The molecule has 6 heteroatoms. The molecule has 2 aromatic carbocycles. The predicted octanol–water partition coefficient (Wildman–Crippen LogP) is 3.46. The lowest BCUT2D eigenvalue weighted by molar-refractivity contribution is -0.152. The van der Waals surface area contributed by atoms with Crippen molar-refractivity contribution in [2.24, 2.45) is 0 Å². The van der Waals surface area contributed by atoms with E-state index in [1.165, 1.54) is 14.0 Å². The Morgan fingerprint density at radius 1 is 1.17 bits per heavy atom. The zero-order valence-electron chi connectivity index (χ0n) is 13.4. The molecule has 0 unspecified atom stereocenters. The number of ether oxygens (including phenoxy) is 2. The molecule has 0 radical (unpaired) electrons. The van der Waals surface area contributed by atoms with Crippen LogP contribution in [-0.2, 0) is 20.7 Å². The van der Waals surface area contributed by atoms with Crippen LogP contribution in [0.5, 0.6) is 5.75 Å². The summed E-state index contributed by atoms with van der Waals surface area (Å²) < 4.78 is 10.4. The number of anilines is 1. The highest BCUT2D eigenvalue weighted by atomic mass is 35.5. The van der Waals surface area contributed by atoms with Crippen molar-refractivity contribution in [3.63, 3.8) is 0 Å². The highest BCUT2D eigenvalue weighted by molar-refractivity contribution is 6.30. The second kappa shape index (κ2) is 8.36. The molecule has 0 aliphatic rings. The second-order valence-electron chi connectivity index (χ2n) is 5.12. The fraction of sp³-hybridized carbons (Fsp3) is 0.222. The number of halogens is 1. The molecule has 0 fully saturated rings. The van der Waals surface area contributed by atoms with E-state index in [0.29, 0.717) is 22.0 Å². The van der Waals surface area contributed by atoms with Gasteiger partial charge in [0.05, 0.1) is 13.5 Å². The Hall–Kier alpha value is -2.53. The highest BCUT2D eigenvalue weighted by Gasteiger charge is 2.19. The number of hydrogen-bond acceptors (Lipinski definition) is 4. The number of rotatable bonds is 6. The fourth-order valence-electron chi connectivity index (χ4n) is 2.11. The summed E-state index contributed by atoms with van der Waals surface area (Å²) in [5, 5.41) is 3.16. The fourth-order valence-corrected chi connectivity index (χ4v) is 2.30. The normalized spacial score (nSPS) is 11.5. The lowest BCUT2D eigenvalue weighted by atomic mass is 10.1. The van der Waals surface area contributed by atoms with E-state index in [-0.39, 0.29) is 6.42 Å². The average Bonchev–Trinajstić information content (AvgIpc) is 2.55. The van der Waals surface area contributed by atoms with Crippen molar-refractivity contribution in [1.29, 1.82) is 0 Å². The third kappa shape index (κ3) is 4.99. The number of para-hydroxylation sites is 1. The summed E-state index contributed by atoms with van der Waals surface area (Å²) in [5.41, 5.74) is 1.24. The highest BCUT2D eigenvalue weighted by Crippen LogP contribution is 2.19. The minimum atomic E-state index is -0.925. The standard InChI is InChI=1S/C18H18ClNO4/c1-12(18(22)20-15-8-5-7-14(19)11-15)24-17(21)10-13-6-3-4-9-16(13)23-2/h3-9,11-12H,10H2,1-2H3,(H,20,22)/t12-/m0/s1. The molecule has 0 aliphatic carbocycles. The Morgan fingerprint density at radius 2 is 1.92 bits per heavy atom. The van der Waals surface area contributed by atoms with E-state index in [0.717, 1.165) is 0 Å². The van der Waals surface area contributed by atoms with Crippen LogP contribution in [0, 0.1) is 0 Å². The first kappa shape index (κ1) is 17.8. The topological polar surface area (TPSA) is 64.6 Å². The van der Waals surface area contributed by atoms with Crippen LogP contribution in [0.2, 0.25) is 5.02 Å². The summed E-state index contributed by atoms with van der Waals surface area (Å²) in [4.78, 5) is 24.1. The van der Waals surface area contributed by atoms with Crippen LogP contribution >= 0.6 is 11.6 Å². The van der Waals surface area contributed by atoms with Crippen LogP contribution in [0.25, 0.3) is 0 Å². The maximum atomic E-state index is 12.1. The van der Waals surface area contributed by atoms with Crippen LogP contribution in [0.4, 0.5) is 5.69 Å². The molecule has 1 N–H and O–H groups in total. The summed E-state index contributed by atoms with van der Waals surface area (Å²) >= 11 is 5.86. The van der Waals surface area contributed by atoms with E-state index >= 15 is 0 Å². The van der Waals surface area contributed by atoms with Crippen molar-refractivity contribution < 1.29 is 19.1 Å². The molecular weight excluding hydrogens is 330 g/mol. The van der Waals surface area contributed by atoms with E-state index in [1.54, 1.807) is 42.5 Å². The first-order valence-electron chi connectivity index (χ1n) is 7.37. The number of hydrogen-bond donors (Lipinski definition) is 1. The van der Waals surface area contributed by atoms with Crippen LogP contribution in [-0.4, -0.2) is 25.1 Å². The largest absolute Gasteiger partial charge is 0.496 e. The summed E-state index contributed by atoms with van der Waals surface area (Å²) in [5.74, 6) is -0.329. The zero-order valence-corrected chi connectivity index (χ0v) is 14.2. The van der Waals surface area contributed by atoms with E-state index < -0.39 is 18.0 Å². The molecule has 0 saturated carbocycles. The second-order valence-corrected chi connectivity index (χ2v) is 5.56. The molecule has 0 spiro atoms. The number of carbonyl (C=O) groups is 2. The third-order valence-corrected chi connectivity index (χ3v) is 3.53. The molecule has 24 heavy (non-hydrogen) atoms. The van der Waals surface area contributed by atoms with Crippen molar-refractivity contribution in [2.75, 3.05) is 12.4 Å². The molecular formula is C18H18ClNO4. The zero-order chi connectivity index (χ0) is 17.5. The maximum Gasteiger partial charge on any atom is 0.311 e. The Kier molecular flexibility index (Phi) is 6.21. The molecule has 126 valence electrons. The van der Waals surface area contributed by atoms with Gasteiger partial charge in [-0.15, -0.1) is 0 Å².